The van der Waals surface area contributed by atoms with Gasteiger partial charge in [0, 0.05) is 25.6 Å². The van der Waals surface area contributed by atoms with E-state index in [2.05, 4.69) is 27.5 Å². The van der Waals surface area contributed by atoms with Crippen LogP contribution in [0, 0.1) is 0 Å². The number of halogens is 1. The Bertz CT molecular complexity index is 497. The van der Waals surface area contributed by atoms with Gasteiger partial charge in [-0.1, -0.05) is 24.9 Å². The highest BCUT2D eigenvalue weighted by Gasteiger charge is 2.17. The summed E-state index contributed by atoms with van der Waals surface area (Å²) in [7, 11) is 0. The van der Waals surface area contributed by atoms with Crippen LogP contribution in [0.1, 0.15) is 59.0 Å². The highest BCUT2D eigenvalue weighted by Crippen LogP contribution is 2.14. The van der Waals surface area contributed by atoms with Crippen LogP contribution in [0.2, 0.25) is 5.15 Å². The summed E-state index contributed by atoms with van der Waals surface area (Å²) >= 11 is 6.12. The minimum atomic E-state index is -0.491. The number of aromatic amines is 1. The first kappa shape index (κ1) is 19.8. The number of rotatable bonds is 8. The molecule has 7 heteroatoms. The van der Waals surface area contributed by atoms with E-state index >= 15 is 0 Å². The fourth-order valence-corrected chi connectivity index (χ4v) is 2.21. The van der Waals surface area contributed by atoms with Crippen LogP contribution in [0.15, 0.2) is 0 Å². The van der Waals surface area contributed by atoms with Crippen molar-refractivity contribution >= 4 is 17.7 Å². The van der Waals surface area contributed by atoms with Crippen molar-refractivity contribution in [3.63, 3.8) is 0 Å². The highest BCUT2D eigenvalue weighted by atomic mass is 35.5. The molecule has 6 nitrogen and oxygen atoms in total. The van der Waals surface area contributed by atoms with Crippen LogP contribution < -0.4 is 10.6 Å². The van der Waals surface area contributed by atoms with Gasteiger partial charge in [-0.2, -0.15) is 0 Å². The van der Waals surface area contributed by atoms with Crippen LogP contribution in [0.25, 0.3) is 0 Å². The molecule has 1 heterocycles. The molecule has 1 unspecified atom stereocenters. The van der Waals surface area contributed by atoms with E-state index < -0.39 is 11.7 Å². The molecule has 0 aliphatic carbocycles. The van der Waals surface area contributed by atoms with Crippen LogP contribution in [-0.2, 0) is 17.7 Å². The molecule has 3 N–H and O–H groups in total. The number of aryl methyl sites for hydroxylation is 1. The summed E-state index contributed by atoms with van der Waals surface area (Å²) in [6.07, 6.45) is 2.72. The van der Waals surface area contributed by atoms with Crippen molar-refractivity contribution in [2.75, 3.05) is 6.54 Å². The monoisotopic (exact) mass is 344 g/mol. The second-order valence-corrected chi connectivity index (χ2v) is 7.09. The third-order valence-corrected chi connectivity index (χ3v) is 3.37. The van der Waals surface area contributed by atoms with Crippen molar-refractivity contribution in [3.8, 4) is 0 Å². The smallest absolute Gasteiger partial charge is 0.407 e. The van der Waals surface area contributed by atoms with E-state index in [1.54, 1.807) is 0 Å². The van der Waals surface area contributed by atoms with E-state index in [0.29, 0.717) is 18.2 Å². The summed E-state index contributed by atoms with van der Waals surface area (Å²) in [6, 6.07) is -0.0499. The number of aromatic nitrogens is 2. The van der Waals surface area contributed by atoms with Gasteiger partial charge in [0.1, 0.15) is 11.4 Å². The maximum atomic E-state index is 11.7. The predicted molar refractivity (Wildman–Crippen MR) is 92.7 cm³/mol. The number of imidazole rings is 1. The highest BCUT2D eigenvalue weighted by molar-refractivity contribution is 6.30. The van der Waals surface area contributed by atoms with E-state index in [9.17, 15) is 4.79 Å². The summed E-state index contributed by atoms with van der Waals surface area (Å²) in [5, 5.41) is 6.55. The normalized spacial score (nSPS) is 13.0. The summed E-state index contributed by atoms with van der Waals surface area (Å²) < 4.78 is 5.22. The average molecular weight is 345 g/mol. The summed E-state index contributed by atoms with van der Waals surface area (Å²) in [5.74, 6) is 0.925. The van der Waals surface area contributed by atoms with Gasteiger partial charge >= 0.3 is 6.09 Å². The number of alkyl carbamates (subject to hydrolysis) is 1. The van der Waals surface area contributed by atoms with Gasteiger partial charge in [-0.25, -0.2) is 9.78 Å². The summed E-state index contributed by atoms with van der Waals surface area (Å²) in [6.45, 7) is 10.8. The number of H-pyrrole nitrogens is 1. The van der Waals surface area contributed by atoms with E-state index in [0.717, 1.165) is 30.8 Å². The Balaban J connectivity index is 2.33. The molecule has 0 aliphatic rings. The van der Waals surface area contributed by atoms with E-state index in [-0.39, 0.29) is 6.04 Å². The Hall–Kier alpha value is -1.27. The number of hydrogen-bond acceptors (Lipinski definition) is 4. The lowest BCUT2D eigenvalue weighted by molar-refractivity contribution is 0.0508. The van der Waals surface area contributed by atoms with Crippen LogP contribution in [-0.4, -0.2) is 34.2 Å². The van der Waals surface area contributed by atoms with Gasteiger partial charge in [0.15, 0.2) is 5.15 Å². The van der Waals surface area contributed by atoms with Gasteiger partial charge in [-0.3, -0.25) is 0 Å². The van der Waals surface area contributed by atoms with Gasteiger partial charge in [-0.05, 0) is 34.1 Å². The Morgan fingerprint density at radius 2 is 2.13 bits per heavy atom. The van der Waals surface area contributed by atoms with Crippen molar-refractivity contribution in [2.45, 2.75) is 72.1 Å². The van der Waals surface area contributed by atoms with Crippen molar-refractivity contribution in [2.24, 2.45) is 0 Å². The van der Waals surface area contributed by atoms with Crippen molar-refractivity contribution < 1.29 is 9.53 Å². The molecule has 1 rings (SSSR count). The SMILES string of the molecule is CCCCc1nc(Cl)c(CNCC(C)NC(=O)OC(C)(C)C)[nH]1. The van der Waals surface area contributed by atoms with Gasteiger partial charge < -0.3 is 20.4 Å². The molecule has 0 saturated heterocycles. The Morgan fingerprint density at radius 3 is 2.74 bits per heavy atom. The summed E-state index contributed by atoms with van der Waals surface area (Å²) in [4.78, 5) is 19.2. The van der Waals surface area contributed by atoms with Crippen LogP contribution in [0.3, 0.4) is 0 Å². The second-order valence-electron chi connectivity index (χ2n) is 6.73. The first-order chi connectivity index (χ1) is 10.7. The number of unbranched alkanes of at least 4 members (excludes halogenated alkanes) is 1. The molecule has 0 aromatic carbocycles. The third-order valence-electron chi connectivity index (χ3n) is 3.06. The van der Waals surface area contributed by atoms with Crippen LogP contribution in [0.5, 0.6) is 0 Å². The molecule has 0 fully saturated rings. The average Bonchev–Trinajstić information content (AvgIpc) is 2.74. The zero-order chi connectivity index (χ0) is 17.5. The minimum absolute atomic E-state index is 0.0499. The van der Waals surface area contributed by atoms with Crippen molar-refractivity contribution in [1.82, 2.24) is 20.6 Å². The minimum Gasteiger partial charge on any atom is -0.444 e. The third kappa shape index (κ3) is 8.23. The molecule has 23 heavy (non-hydrogen) atoms. The number of amides is 1. The molecule has 0 bridgehead atoms. The van der Waals surface area contributed by atoms with Gasteiger partial charge in [-0.15, -0.1) is 0 Å². The van der Waals surface area contributed by atoms with Crippen LogP contribution >= 0.6 is 11.6 Å². The molecule has 0 saturated carbocycles. The Labute approximate surface area is 143 Å². The predicted octanol–water partition coefficient (Wildman–Crippen LogP) is 3.41. The maximum absolute atomic E-state index is 11.7. The molecule has 0 spiro atoms. The molecule has 1 atom stereocenters. The molecule has 1 amide bonds. The zero-order valence-corrected chi connectivity index (χ0v) is 15.5. The molecule has 1 aromatic heterocycles. The number of carbonyl (C=O) groups excluding carboxylic acids is 1. The first-order valence-corrected chi connectivity index (χ1v) is 8.52. The lowest BCUT2D eigenvalue weighted by Gasteiger charge is -2.22. The fourth-order valence-electron chi connectivity index (χ4n) is 1.99. The van der Waals surface area contributed by atoms with Gasteiger partial charge in [0.25, 0.3) is 0 Å². The number of carbonyl (C=O) groups is 1. The second kappa shape index (κ2) is 9.13. The van der Waals surface area contributed by atoms with Gasteiger partial charge in [0.2, 0.25) is 0 Å². The Kier molecular flexibility index (Phi) is 7.85. The quantitative estimate of drug-likeness (QED) is 0.675. The van der Waals surface area contributed by atoms with E-state index in [4.69, 9.17) is 16.3 Å². The van der Waals surface area contributed by atoms with E-state index in [1.807, 2.05) is 27.7 Å². The molecule has 132 valence electrons. The lowest BCUT2D eigenvalue weighted by atomic mass is 10.2. The number of ether oxygens (including phenoxy) is 1. The van der Waals surface area contributed by atoms with Gasteiger partial charge in [0.05, 0.1) is 5.69 Å². The van der Waals surface area contributed by atoms with E-state index in [1.165, 1.54) is 0 Å². The van der Waals surface area contributed by atoms with Crippen molar-refractivity contribution in [3.05, 3.63) is 16.7 Å². The Morgan fingerprint density at radius 1 is 1.43 bits per heavy atom. The molecule has 0 radical (unpaired) electrons. The van der Waals surface area contributed by atoms with Crippen LogP contribution in [0.4, 0.5) is 4.79 Å². The molecule has 1 aromatic rings. The number of nitrogens with zero attached hydrogens (tertiary/aromatic N) is 1. The lowest BCUT2D eigenvalue weighted by Crippen LogP contribution is -2.42. The molecular formula is C16H29ClN4O2. The number of hydrogen-bond donors (Lipinski definition) is 3. The largest absolute Gasteiger partial charge is 0.444 e. The topological polar surface area (TPSA) is 79.0 Å². The molecule has 0 aliphatic heterocycles. The zero-order valence-electron chi connectivity index (χ0n) is 14.8. The summed E-state index contributed by atoms with van der Waals surface area (Å²) in [5.41, 5.74) is 0.387. The fraction of sp³-hybridized carbons (Fsp3) is 0.750. The maximum Gasteiger partial charge on any atom is 0.407 e. The standard InChI is InChI=1S/C16H29ClN4O2/c1-6-7-8-13-20-12(14(17)21-13)10-18-9-11(2)19-15(22)23-16(3,4)5/h11,18H,6-10H2,1-5H3,(H,19,22)(H,20,21). The molecular weight excluding hydrogens is 316 g/mol. The first-order valence-electron chi connectivity index (χ1n) is 8.14. The number of nitrogens with one attached hydrogen (secondary N) is 3. The van der Waals surface area contributed by atoms with Crippen molar-refractivity contribution in [1.29, 1.82) is 0 Å².